The summed E-state index contributed by atoms with van der Waals surface area (Å²) in [4.78, 5) is 42.4. The predicted molar refractivity (Wildman–Crippen MR) is 210 cm³/mol. The molecular formula is C46H50N4O4. The van der Waals surface area contributed by atoms with Gasteiger partial charge in [0.2, 0.25) is 0 Å². The molecule has 6 aliphatic heterocycles. The van der Waals surface area contributed by atoms with Crippen LogP contribution in [0.4, 0.5) is 0 Å². The molecule has 8 nitrogen and oxygen atoms in total. The number of hydrogen-bond donors (Lipinski definition) is 0. The average Bonchev–Trinajstić information content (AvgIpc) is 3.24. The van der Waals surface area contributed by atoms with Gasteiger partial charge in [-0.2, -0.15) is 0 Å². The molecule has 6 saturated heterocycles. The number of benzene rings is 3. The molecular weight excluding hydrogens is 673 g/mol. The van der Waals surface area contributed by atoms with E-state index in [4.69, 9.17) is 9.47 Å². The molecule has 0 saturated carbocycles. The lowest BCUT2D eigenvalue weighted by molar-refractivity contribution is -0.0662. The highest BCUT2D eigenvalue weighted by atomic mass is 16.5. The number of fused-ring (bicyclic) bond motifs is 8. The van der Waals surface area contributed by atoms with Crippen molar-refractivity contribution < 1.29 is 19.1 Å². The zero-order chi connectivity index (χ0) is 36.8. The molecule has 4 bridgehead atoms. The van der Waals surface area contributed by atoms with E-state index in [1.807, 2.05) is 60.9 Å². The van der Waals surface area contributed by atoms with Crippen molar-refractivity contribution in [2.75, 3.05) is 26.2 Å². The van der Waals surface area contributed by atoms with Gasteiger partial charge in [-0.1, -0.05) is 63.1 Å². The van der Waals surface area contributed by atoms with Gasteiger partial charge >= 0.3 is 11.9 Å². The highest BCUT2D eigenvalue weighted by Crippen LogP contribution is 2.46. The van der Waals surface area contributed by atoms with Crippen LogP contribution in [0.5, 0.6) is 0 Å². The third-order valence-electron chi connectivity index (χ3n) is 13.4. The maximum Gasteiger partial charge on any atom is 0.338 e. The van der Waals surface area contributed by atoms with Gasteiger partial charge in [0.05, 0.1) is 34.2 Å². The van der Waals surface area contributed by atoms with Gasteiger partial charge in [-0.25, -0.2) is 9.59 Å². The van der Waals surface area contributed by atoms with Crippen LogP contribution in [-0.2, 0) is 9.47 Å². The second-order valence-corrected chi connectivity index (χ2v) is 16.1. The van der Waals surface area contributed by atoms with E-state index in [1.54, 1.807) is 24.3 Å². The quantitative estimate of drug-likeness (QED) is 0.132. The third kappa shape index (κ3) is 6.47. The van der Waals surface area contributed by atoms with Crippen LogP contribution < -0.4 is 0 Å². The number of para-hydroxylation sites is 2. The number of ether oxygens (including phenoxy) is 2. The Balaban J connectivity index is 0.976. The Labute approximate surface area is 317 Å². The number of nitrogens with zero attached hydrogens (tertiary/aromatic N) is 4. The van der Waals surface area contributed by atoms with E-state index >= 15 is 0 Å². The van der Waals surface area contributed by atoms with Crippen LogP contribution in [0.1, 0.15) is 96.4 Å². The van der Waals surface area contributed by atoms with Gasteiger partial charge in [-0.15, -0.1) is 0 Å². The van der Waals surface area contributed by atoms with Gasteiger partial charge in [0, 0.05) is 47.4 Å². The first-order valence-corrected chi connectivity index (χ1v) is 20.2. The summed E-state index contributed by atoms with van der Waals surface area (Å²) in [5, 5.41) is 2.02. The fourth-order valence-electron chi connectivity index (χ4n) is 10.5. The van der Waals surface area contributed by atoms with Crippen LogP contribution in [-0.4, -0.2) is 70.0 Å². The summed E-state index contributed by atoms with van der Waals surface area (Å²) >= 11 is 0. The van der Waals surface area contributed by atoms with Gasteiger partial charge in [-0.05, 0) is 111 Å². The Morgan fingerprint density at radius 2 is 1.06 bits per heavy atom. The molecule has 54 heavy (non-hydrogen) atoms. The topological polar surface area (TPSA) is 84.9 Å². The first-order chi connectivity index (χ1) is 26.5. The maximum absolute atomic E-state index is 14.0. The monoisotopic (exact) mass is 722 g/mol. The Morgan fingerprint density at radius 3 is 1.44 bits per heavy atom. The Bertz CT molecular complexity index is 1990. The first kappa shape index (κ1) is 35.1. The Hall–Kier alpha value is -4.66. The molecule has 10 atom stereocenters. The number of esters is 2. The van der Waals surface area contributed by atoms with Crippen LogP contribution in [0.2, 0.25) is 0 Å². The summed E-state index contributed by atoms with van der Waals surface area (Å²) < 4.78 is 13.1. The lowest BCUT2D eigenvalue weighted by Gasteiger charge is -2.51. The zero-order valence-electron chi connectivity index (χ0n) is 31.3. The molecule has 2 aromatic heterocycles. The molecule has 0 amide bonds. The molecule has 0 N–H and O–H groups in total. The molecule has 0 spiro atoms. The van der Waals surface area contributed by atoms with Crippen LogP contribution in [0.3, 0.4) is 0 Å². The number of pyridine rings is 2. The van der Waals surface area contributed by atoms with Gasteiger partial charge < -0.3 is 9.47 Å². The second-order valence-electron chi connectivity index (χ2n) is 16.1. The minimum atomic E-state index is -0.445. The van der Waals surface area contributed by atoms with Crippen LogP contribution >= 0.6 is 0 Å². The molecule has 0 radical (unpaired) electrons. The molecule has 5 aromatic rings. The average molecular weight is 723 g/mol. The highest BCUT2D eigenvalue weighted by Gasteiger charge is 2.46. The van der Waals surface area contributed by atoms with Crippen LogP contribution in [0.15, 0.2) is 97.3 Å². The number of aromatic nitrogens is 2. The predicted octanol–water partition coefficient (Wildman–Crippen LogP) is 8.82. The second kappa shape index (κ2) is 14.9. The van der Waals surface area contributed by atoms with Crippen molar-refractivity contribution >= 4 is 33.7 Å². The van der Waals surface area contributed by atoms with Gasteiger partial charge in [0.25, 0.3) is 0 Å². The van der Waals surface area contributed by atoms with E-state index in [9.17, 15) is 9.59 Å². The van der Waals surface area contributed by atoms with Gasteiger partial charge in [0.1, 0.15) is 12.2 Å². The SMILES string of the molecule is CC[C@H]1CN2CC[C@H]1C[C@@H]2[C@@H](OC(=O)c1ccc(C(=O)O[C@@H](c2ccnc3ccccc23)[C@H]2C[C@@H]3CCN2C[C@@H]3CC)cc1)c1ccnc2ccccc12. The Morgan fingerprint density at radius 1 is 0.630 bits per heavy atom. The summed E-state index contributed by atoms with van der Waals surface area (Å²) in [6.45, 7) is 8.69. The number of hydrogen-bond acceptors (Lipinski definition) is 8. The number of piperidine rings is 6. The van der Waals surface area contributed by atoms with E-state index in [2.05, 4.69) is 45.7 Å². The molecule has 278 valence electrons. The molecule has 0 aliphatic carbocycles. The third-order valence-corrected chi connectivity index (χ3v) is 13.4. The fraction of sp³-hybridized carbons (Fsp3) is 0.435. The summed E-state index contributed by atoms with van der Waals surface area (Å²) in [5.74, 6) is 1.84. The summed E-state index contributed by atoms with van der Waals surface area (Å²) in [6.07, 6.45) is 9.50. The maximum atomic E-state index is 14.0. The standard InChI is InChI=1S/C46H50N4O4/c1-3-29-27-49-23-19-33(29)25-41(49)43(37-17-21-47-39-11-7-5-9-35(37)39)53-45(51)31-13-15-32(16-14-31)46(52)54-44(38-18-22-48-40-12-8-6-10-36(38)40)42-26-34-20-24-50(42)28-30(34)4-2/h5-18,21-22,29-30,33-34,41-44H,3-4,19-20,23-28H2,1-2H3/t29-,30-,33-,34-,41+,42+,43-,44-/m0/s1. The molecule has 6 fully saturated rings. The van der Waals surface area contributed by atoms with Gasteiger partial charge in [-0.3, -0.25) is 19.8 Å². The fourth-order valence-corrected chi connectivity index (χ4v) is 10.5. The van der Waals surface area contributed by atoms with E-state index in [-0.39, 0.29) is 12.1 Å². The minimum absolute atomic E-state index is 0.0927. The lowest BCUT2D eigenvalue weighted by Crippen LogP contribution is -2.55. The number of carbonyl (C=O) groups excluding carboxylic acids is 2. The van der Waals surface area contributed by atoms with Gasteiger partial charge in [0.15, 0.2) is 0 Å². The van der Waals surface area contributed by atoms with Crippen LogP contribution in [0, 0.1) is 23.7 Å². The minimum Gasteiger partial charge on any atom is -0.452 e. The summed E-state index contributed by atoms with van der Waals surface area (Å²) in [5.41, 5.74) is 4.59. The van der Waals surface area contributed by atoms with Crippen molar-refractivity contribution in [3.05, 3.63) is 120 Å². The molecule has 6 aliphatic rings. The van der Waals surface area contributed by atoms with E-state index in [0.29, 0.717) is 34.8 Å². The van der Waals surface area contributed by atoms with Crippen molar-refractivity contribution in [3.8, 4) is 0 Å². The smallest absolute Gasteiger partial charge is 0.338 e. The Kier molecular flexibility index (Phi) is 9.66. The van der Waals surface area contributed by atoms with E-state index < -0.39 is 24.1 Å². The van der Waals surface area contributed by atoms with Crippen molar-refractivity contribution in [2.24, 2.45) is 23.7 Å². The first-order valence-electron chi connectivity index (χ1n) is 20.2. The normalized spacial score (nSPS) is 28.5. The summed E-state index contributed by atoms with van der Waals surface area (Å²) in [7, 11) is 0. The van der Waals surface area contributed by atoms with Crippen molar-refractivity contribution in [1.29, 1.82) is 0 Å². The summed E-state index contributed by atoms with van der Waals surface area (Å²) in [6, 6.07) is 27.2. The highest BCUT2D eigenvalue weighted by molar-refractivity contribution is 5.94. The number of rotatable bonds is 10. The van der Waals surface area contributed by atoms with Crippen molar-refractivity contribution in [1.82, 2.24) is 19.8 Å². The molecule has 11 rings (SSSR count). The number of carbonyl (C=O) groups is 2. The zero-order valence-corrected chi connectivity index (χ0v) is 31.3. The molecule has 2 unspecified atom stereocenters. The molecule has 3 aromatic carbocycles. The van der Waals surface area contributed by atoms with Crippen molar-refractivity contribution in [2.45, 2.75) is 76.7 Å². The molecule has 8 heteroatoms. The van der Waals surface area contributed by atoms with Crippen molar-refractivity contribution in [3.63, 3.8) is 0 Å². The van der Waals surface area contributed by atoms with E-state index in [0.717, 1.165) is 72.0 Å². The van der Waals surface area contributed by atoms with E-state index in [1.165, 1.54) is 25.7 Å². The molecule has 8 heterocycles. The largest absolute Gasteiger partial charge is 0.452 e. The lowest BCUT2D eigenvalue weighted by atomic mass is 9.72. The van der Waals surface area contributed by atoms with Crippen LogP contribution in [0.25, 0.3) is 21.8 Å².